The van der Waals surface area contributed by atoms with Crippen LogP contribution in [0.5, 0.6) is 0 Å². The number of aliphatic carboxylic acids is 1. The molecule has 0 spiro atoms. The topological polar surface area (TPSA) is 98.0 Å². The largest absolute Gasteiger partial charge is 0.548 e. The van der Waals surface area contributed by atoms with Crippen LogP contribution in [0.3, 0.4) is 0 Å². The van der Waals surface area contributed by atoms with Crippen molar-refractivity contribution in [2.75, 3.05) is 24.5 Å². The molecule has 2 aliphatic rings. The minimum absolute atomic E-state index is 0.125. The third-order valence-corrected chi connectivity index (χ3v) is 6.46. The van der Waals surface area contributed by atoms with Gasteiger partial charge in [-0.15, -0.1) is 0 Å². The summed E-state index contributed by atoms with van der Waals surface area (Å²) in [5.41, 5.74) is 1.46. The maximum absolute atomic E-state index is 13.4. The summed E-state index contributed by atoms with van der Waals surface area (Å²) in [6.07, 6.45) is 6.33. The molecule has 2 aromatic heterocycles. The van der Waals surface area contributed by atoms with E-state index in [2.05, 4.69) is 4.90 Å². The van der Waals surface area contributed by atoms with Gasteiger partial charge >= 0.3 is 0 Å². The van der Waals surface area contributed by atoms with Crippen LogP contribution < -0.4 is 15.6 Å². The number of carbonyl (C=O) groups excluding carboxylic acids is 2. The van der Waals surface area contributed by atoms with Gasteiger partial charge in [0.25, 0.3) is 11.5 Å². The van der Waals surface area contributed by atoms with Crippen molar-refractivity contribution in [3.8, 4) is 0 Å². The van der Waals surface area contributed by atoms with E-state index >= 15 is 0 Å². The van der Waals surface area contributed by atoms with E-state index in [9.17, 15) is 19.5 Å². The smallest absolute Gasteiger partial charge is 0.267 e. The van der Waals surface area contributed by atoms with Gasteiger partial charge in [-0.1, -0.05) is 30.0 Å². The van der Waals surface area contributed by atoms with Crippen molar-refractivity contribution in [3.05, 3.63) is 44.7 Å². The van der Waals surface area contributed by atoms with E-state index in [4.69, 9.17) is 17.2 Å². The number of anilines is 1. The standard InChI is InChI=1S/C20H20N4O4S2/c1-12-5-6-15-21-17(22-7-3-2-4-8-22)13(18(27)23(15)10-12)9-14-19(28)24(11-16(25)26)20(29)30-14/h5-6,9-10H,2-4,7-8,11H2,1H3,(H,25,26)/p-1. The maximum atomic E-state index is 13.4. The number of nitrogens with zero attached hydrogens (tertiary/aromatic N) is 4. The fraction of sp³-hybridized carbons (Fsp3) is 0.350. The molecular weight excluding hydrogens is 424 g/mol. The Balaban J connectivity index is 1.86. The molecule has 0 aliphatic carbocycles. The summed E-state index contributed by atoms with van der Waals surface area (Å²) in [6, 6.07) is 3.69. The summed E-state index contributed by atoms with van der Waals surface area (Å²) in [5, 5.41) is 10.9. The summed E-state index contributed by atoms with van der Waals surface area (Å²) < 4.78 is 1.59. The molecule has 0 bridgehead atoms. The lowest BCUT2D eigenvalue weighted by atomic mass is 10.1. The lowest BCUT2D eigenvalue weighted by molar-refractivity contribution is -0.305. The predicted molar refractivity (Wildman–Crippen MR) is 117 cm³/mol. The van der Waals surface area contributed by atoms with E-state index < -0.39 is 18.4 Å². The molecule has 0 aromatic carbocycles. The maximum Gasteiger partial charge on any atom is 0.267 e. The number of hydrogen-bond donors (Lipinski definition) is 0. The number of aryl methyl sites for hydroxylation is 1. The number of rotatable bonds is 4. The van der Waals surface area contributed by atoms with E-state index in [-0.39, 0.29) is 14.8 Å². The zero-order valence-electron chi connectivity index (χ0n) is 16.3. The number of carboxylic acids is 1. The first-order valence-electron chi connectivity index (χ1n) is 9.58. The molecule has 0 N–H and O–H groups in total. The Morgan fingerprint density at radius 1 is 1.27 bits per heavy atom. The number of aromatic nitrogens is 2. The van der Waals surface area contributed by atoms with Crippen LogP contribution in [-0.2, 0) is 9.59 Å². The molecule has 2 fully saturated rings. The van der Waals surface area contributed by atoms with Gasteiger partial charge in [0.15, 0.2) is 0 Å². The zero-order valence-corrected chi connectivity index (χ0v) is 17.9. The molecule has 8 nitrogen and oxygen atoms in total. The molecule has 0 saturated carbocycles. The van der Waals surface area contributed by atoms with Gasteiger partial charge in [-0.25, -0.2) is 4.98 Å². The quantitative estimate of drug-likeness (QED) is 0.509. The van der Waals surface area contributed by atoms with Gasteiger partial charge in [0.2, 0.25) is 0 Å². The minimum Gasteiger partial charge on any atom is -0.548 e. The Labute approximate surface area is 182 Å². The van der Waals surface area contributed by atoms with E-state index in [1.165, 1.54) is 10.5 Å². The van der Waals surface area contributed by atoms with Gasteiger partial charge in [-0.2, -0.15) is 0 Å². The lowest BCUT2D eigenvalue weighted by Gasteiger charge is -2.29. The SMILES string of the molecule is Cc1ccc2nc(N3CCCCC3)c(C=C3SC(=S)N(CC(=O)[O-])C3=O)c(=O)n2c1. The number of carboxylic acid groups (broad SMARTS) is 1. The second-order valence-electron chi connectivity index (χ2n) is 7.28. The van der Waals surface area contributed by atoms with E-state index in [0.29, 0.717) is 17.0 Å². The zero-order chi connectivity index (χ0) is 21.4. The van der Waals surface area contributed by atoms with E-state index in [0.717, 1.165) is 54.6 Å². The first kappa shape index (κ1) is 20.5. The monoisotopic (exact) mass is 443 g/mol. The van der Waals surface area contributed by atoms with Crippen molar-refractivity contribution in [2.24, 2.45) is 0 Å². The molecule has 0 unspecified atom stereocenters. The molecule has 4 rings (SSSR count). The van der Waals surface area contributed by atoms with Crippen molar-refractivity contribution in [2.45, 2.75) is 26.2 Å². The summed E-state index contributed by atoms with van der Waals surface area (Å²) >= 11 is 6.12. The average Bonchev–Trinajstić information content (AvgIpc) is 2.98. The van der Waals surface area contributed by atoms with Crippen LogP contribution in [0.2, 0.25) is 0 Å². The second-order valence-corrected chi connectivity index (χ2v) is 8.95. The van der Waals surface area contributed by atoms with Crippen molar-refractivity contribution in [1.29, 1.82) is 0 Å². The molecule has 156 valence electrons. The number of carbonyl (C=O) groups is 2. The van der Waals surface area contributed by atoms with Gasteiger partial charge in [0.1, 0.15) is 15.8 Å². The van der Waals surface area contributed by atoms with Crippen LogP contribution in [0.4, 0.5) is 5.82 Å². The van der Waals surface area contributed by atoms with Gasteiger partial charge in [0.05, 0.1) is 23.0 Å². The molecule has 0 atom stereocenters. The Kier molecular flexibility index (Phi) is 5.61. The number of thiocarbonyl (C=S) groups is 1. The second kappa shape index (κ2) is 8.19. The third kappa shape index (κ3) is 3.84. The highest BCUT2D eigenvalue weighted by Gasteiger charge is 2.33. The van der Waals surface area contributed by atoms with Crippen molar-refractivity contribution in [1.82, 2.24) is 14.3 Å². The molecule has 4 heterocycles. The Morgan fingerprint density at radius 3 is 2.70 bits per heavy atom. The highest BCUT2D eigenvalue weighted by molar-refractivity contribution is 8.26. The highest BCUT2D eigenvalue weighted by atomic mass is 32.2. The van der Waals surface area contributed by atoms with Gasteiger partial charge < -0.3 is 14.8 Å². The Hall–Kier alpha value is -2.72. The summed E-state index contributed by atoms with van der Waals surface area (Å²) in [7, 11) is 0. The summed E-state index contributed by atoms with van der Waals surface area (Å²) in [5.74, 6) is -1.41. The van der Waals surface area contributed by atoms with Crippen LogP contribution in [0.1, 0.15) is 30.4 Å². The van der Waals surface area contributed by atoms with Gasteiger partial charge in [0, 0.05) is 19.3 Å². The fourth-order valence-electron chi connectivity index (χ4n) is 3.62. The lowest BCUT2D eigenvalue weighted by Crippen LogP contribution is -2.40. The van der Waals surface area contributed by atoms with Crippen molar-refractivity contribution >= 4 is 57.7 Å². The fourth-order valence-corrected chi connectivity index (χ4v) is 4.85. The molecular formula is C20H19N4O4S2-. The van der Waals surface area contributed by atoms with Crippen molar-refractivity contribution in [3.63, 3.8) is 0 Å². The number of amides is 1. The molecule has 30 heavy (non-hydrogen) atoms. The summed E-state index contributed by atoms with van der Waals surface area (Å²) in [6.45, 7) is 2.83. The first-order chi connectivity index (χ1) is 14.3. The Bertz CT molecular complexity index is 1150. The molecule has 10 heteroatoms. The van der Waals surface area contributed by atoms with Crippen LogP contribution in [0, 0.1) is 6.92 Å². The van der Waals surface area contributed by atoms with E-state index in [1.54, 1.807) is 12.3 Å². The minimum atomic E-state index is -1.40. The molecule has 0 radical (unpaired) electrons. The van der Waals surface area contributed by atoms with E-state index in [1.807, 2.05) is 13.0 Å². The number of thioether (sulfide) groups is 1. The first-order valence-corrected chi connectivity index (χ1v) is 10.8. The van der Waals surface area contributed by atoms with Crippen molar-refractivity contribution < 1.29 is 14.7 Å². The molecule has 2 aliphatic heterocycles. The molecule has 2 aromatic rings. The number of piperidine rings is 1. The van der Waals surface area contributed by atoms with Gasteiger partial charge in [-0.3, -0.25) is 18.9 Å². The molecule has 2 saturated heterocycles. The predicted octanol–water partition coefficient (Wildman–Crippen LogP) is 0.944. The highest BCUT2D eigenvalue weighted by Crippen LogP contribution is 2.33. The Morgan fingerprint density at radius 2 is 2.00 bits per heavy atom. The summed E-state index contributed by atoms with van der Waals surface area (Å²) in [4.78, 5) is 45.0. The van der Waals surface area contributed by atoms with Crippen LogP contribution in [0.25, 0.3) is 11.7 Å². The normalized spacial score (nSPS) is 18.6. The van der Waals surface area contributed by atoms with Gasteiger partial charge in [-0.05, 0) is 43.9 Å². The van der Waals surface area contributed by atoms with Crippen LogP contribution in [-0.4, -0.2) is 50.1 Å². The third-order valence-electron chi connectivity index (χ3n) is 5.08. The van der Waals surface area contributed by atoms with Crippen LogP contribution >= 0.6 is 24.0 Å². The number of hydrogen-bond acceptors (Lipinski definition) is 8. The number of pyridine rings is 1. The van der Waals surface area contributed by atoms with Crippen LogP contribution in [0.15, 0.2) is 28.0 Å². The molecule has 1 amide bonds. The number of fused-ring (bicyclic) bond motifs is 1. The average molecular weight is 444 g/mol.